The summed E-state index contributed by atoms with van der Waals surface area (Å²) >= 11 is 0. The molecule has 2 rings (SSSR count). The lowest BCUT2D eigenvalue weighted by atomic mass is 9.63. The van der Waals surface area contributed by atoms with Crippen LogP contribution in [0.1, 0.15) is 72.6 Å². The highest BCUT2D eigenvalue weighted by atomic mass is 14.5. The van der Waals surface area contributed by atoms with Crippen LogP contribution in [0, 0.1) is 22.7 Å². The molecular formula is C21H34. The van der Waals surface area contributed by atoms with Crippen molar-refractivity contribution >= 4 is 0 Å². The lowest BCUT2D eigenvalue weighted by Crippen LogP contribution is -2.33. The van der Waals surface area contributed by atoms with Crippen LogP contribution in [-0.4, -0.2) is 0 Å². The molecule has 2 aliphatic carbocycles. The standard InChI is InChI=1S/C21H34/c1-6-10-17-11-9-16-21(5)18(13-14-19(17)21)12-7-8-15-20(2,3)4/h6-8,10,18-19H,1,9,11-16H2,2-5H3/b8-7+,17-10+. The summed E-state index contributed by atoms with van der Waals surface area (Å²) in [6.45, 7) is 13.4. The second-order valence-electron chi connectivity index (χ2n) is 8.64. The molecule has 0 bridgehead atoms. The minimum atomic E-state index is 0.420. The summed E-state index contributed by atoms with van der Waals surface area (Å²) in [6, 6.07) is 0. The summed E-state index contributed by atoms with van der Waals surface area (Å²) in [5.41, 5.74) is 2.64. The molecule has 2 saturated carbocycles. The van der Waals surface area contributed by atoms with Crippen LogP contribution in [0.3, 0.4) is 0 Å². The Morgan fingerprint density at radius 3 is 2.67 bits per heavy atom. The van der Waals surface area contributed by atoms with E-state index in [4.69, 9.17) is 0 Å². The van der Waals surface area contributed by atoms with Gasteiger partial charge in [0.1, 0.15) is 0 Å². The van der Waals surface area contributed by atoms with Crippen molar-refractivity contribution in [3.63, 3.8) is 0 Å². The second kappa shape index (κ2) is 6.55. The van der Waals surface area contributed by atoms with E-state index in [1.54, 1.807) is 5.57 Å². The average Bonchev–Trinajstić information content (AvgIpc) is 2.72. The maximum atomic E-state index is 3.91. The van der Waals surface area contributed by atoms with Gasteiger partial charge in [0.2, 0.25) is 0 Å². The van der Waals surface area contributed by atoms with Crippen molar-refractivity contribution in [2.45, 2.75) is 72.6 Å². The van der Waals surface area contributed by atoms with Crippen molar-refractivity contribution < 1.29 is 0 Å². The van der Waals surface area contributed by atoms with Gasteiger partial charge in [-0.15, -0.1) is 0 Å². The van der Waals surface area contributed by atoms with Gasteiger partial charge in [-0.05, 0) is 67.6 Å². The topological polar surface area (TPSA) is 0 Å². The molecular weight excluding hydrogens is 252 g/mol. The zero-order valence-electron chi connectivity index (χ0n) is 14.6. The van der Waals surface area contributed by atoms with Crippen LogP contribution >= 0.6 is 0 Å². The normalized spacial score (nSPS) is 35.3. The summed E-state index contributed by atoms with van der Waals surface area (Å²) in [7, 11) is 0. The van der Waals surface area contributed by atoms with Crippen LogP contribution in [0.5, 0.6) is 0 Å². The first-order chi connectivity index (χ1) is 9.87. The van der Waals surface area contributed by atoms with Crippen LogP contribution in [0.25, 0.3) is 0 Å². The van der Waals surface area contributed by atoms with E-state index in [2.05, 4.69) is 52.5 Å². The summed E-state index contributed by atoms with van der Waals surface area (Å²) in [5, 5.41) is 0. The van der Waals surface area contributed by atoms with Gasteiger partial charge in [-0.3, -0.25) is 0 Å². The quantitative estimate of drug-likeness (QED) is 0.504. The Bertz CT molecular complexity index is 418. The maximum Gasteiger partial charge on any atom is -0.0143 e. The average molecular weight is 287 g/mol. The molecule has 21 heavy (non-hydrogen) atoms. The van der Waals surface area contributed by atoms with Crippen molar-refractivity contribution in [1.82, 2.24) is 0 Å². The Morgan fingerprint density at radius 2 is 2.00 bits per heavy atom. The predicted molar refractivity (Wildman–Crippen MR) is 94.3 cm³/mol. The SMILES string of the molecule is C=C/C=C1\CCCC2(C)C(C/C=C/CC(C)(C)C)CCC12. The van der Waals surface area contributed by atoms with Gasteiger partial charge >= 0.3 is 0 Å². The molecule has 0 aliphatic heterocycles. The van der Waals surface area contributed by atoms with Crippen LogP contribution in [0.4, 0.5) is 0 Å². The number of hydrogen-bond donors (Lipinski definition) is 0. The maximum absolute atomic E-state index is 3.91. The van der Waals surface area contributed by atoms with Gasteiger partial charge in [-0.25, -0.2) is 0 Å². The minimum Gasteiger partial charge on any atom is -0.0991 e. The van der Waals surface area contributed by atoms with Crippen molar-refractivity contribution in [1.29, 1.82) is 0 Å². The van der Waals surface area contributed by atoms with Gasteiger partial charge in [0.25, 0.3) is 0 Å². The first kappa shape index (κ1) is 16.6. The summed E-state index contributed by atoms with van der Waals surface area (Å²) < 4.78 is 0. The van der Waals surface area contributed by atoms with Crippen molar-refractivity contribution in [3.8, 4) is 0 Å². The van der Waals surface area contributed by atoms with Gasteiger partial charge in [0.05, 0.1) is 0 Å². The molecule has 3 unspecified atom stereocenters. The molecule has 0 aromatic heterocycles. The zero-order chi connectivity index (χ0) is 15.5. The minimum absolute atomic E-state index is 0.420. The Balaban J connectivity index is 2.00. The van der Waals surface area contributed by atoms with Gasteiger partial charge in [0, 0.05) is 0 Å². The van der Waals surface area contributed by atoms with Gasteiger partial charge in [-0.2, -0.15) is 0 Å². The predicted octanol–water partition coefficient (Wildman–Crippen LogP) is 6.70. The lowest BCUT2D eigenvalue weighted by molar-refractivity contribution is 0.137. The Labute approximate surface area is 132 Å². The van der Waals surface area contributed by atoms with Crippen molar-refractivity contribution in [2.24, 2.45) is 22.7 Å². The molecule has 0 spiro atoms. The number of fused-ring (bicyclic) bond motifs is 1. The van der Waals surface area contributed by atoms with E-state index in [-0.39, 0.29) is 0 Å². The van der Waals surface area contributed by atoms with Crippen LogP contribution in [0.2, 0.25) is 0 Å². The van der Waals surface area contributed by atoms with E-state index in [1.165, 1.54) is 44.9 Å². The molecule has 0 N–H and O–H groups in total. The third-order valence-electron chi connectivity index (χ3n) is 5.81. The monoisotopic (exact) mass is 286 g/mol. The van der Waals surface area contributed by atoms with E-state index in [1.807, 2.05) is 6.08 Å². The van der Waals surface area contributed by atoms with Gasteiger partial charge in [0.15, 0.2) is 0 Å². The largest absolute Gasteiger partial charge is 0.0991 e. The first-order valence-corrected chi connectivity index (χ1v) is 8.83. The molecule has 0 aromatic rings. The van der Waals surface area contributed by atoms with Gasteiger partial charge in [-0.1, -0.05) is 64.2 Å². The molecule has 0 aromatic carbocycles. The molecule has 0 nitrogen and oxygen atoms in total. The highest BCUT2D eigenvalue weighted by molar-refractivity contribution is 5.22. The number of rotatable bonds is 4. The molecule has 0 heteroatoms. The molecule has 0 radical (unpaired) electrons. The molecule has 2 aliphatic rings. The third kappa shape index (κ3) is 3.90. The highest BCUT2D eigenvalue weighted by Gasteiger charge is 2.48. The van der Waals surface area contributed by atoms with Crippen LogP contribution in [0.15, 0.2) is 36.5 Å². The smallest absolute Gasteiger partial charge is 0.0143 e. The Hall–Kier alpha value is -0.780. The number of allylic oxidation sites excluding steroid dienone is 5. The second-order valence-corrected chi connectivity index (χ2v) is 8.64. The van der Waals surface area contributed by atoms with E-state index in [0.29, 0.717) is 10.8 Å². The molecule has 3 atom stereocenters. The van der Waals surface area contributed by atoms with E-state index >= 15 is 0 Å². The first-order valence-electron chi connectivity index (χ1n) is 8.83. The van der Waals surface area contributed by atoms with Crippen molar-refractivity contribution in [3.05, 3.63) is 36.5 Å². The summed E-state index contributed by atoms with van der Waals surface area (Å²) in [4.78, 5) is 0. The fourth-order valence-corrected chi connectivity index (χ4v) is 4.58. The van der Waals surface area contributed by atoms with E-state index in [0.717, 1.165) is 11.8 Å². The molecule has 0 heterocycles. The Kier molecular flexibility index (Phi) is 5.17. The molecule has 0 saturated heterocycles. The summed E-state index contributed by atoms with van der Waals surface area (Å²) in [5.74, 6) is 1.71. The van der Waals surface area contributed by atoms with E-state index in [9.17, 15) is 0 Å². The fraction of sp³-hybridized carbons (Fsp3) is 0.714. The Morgan fingerprint density at radius 1 is 1.24 bits per heavy atom. The third-order valence-corrected chi connectivity index (χ3v) is 5.81. The molecule has 2 fully saturated rings. The zero-order valence-corrected chi connectivity index (χ0v) is 14.6. The van der Waals surface area contributed by atoms with Crippen molar-refractivity contribution in [2.75, 3.05) is 0 Å². The fourth-order valence-electron chi connectivity index (χ4n) is 4.58. The molecule has 0 amide bonds. The van der Waals surface area contributed by atoms with Gasteiger partial charge < -0.3 is 0 Å². The van der Waals surface area contributed by atoms with E-state index < -0.39 is 0 Å². The lowest BCUT2D eigenvalue weighted by Gasteiger charge is -2.42. The number of hydrogen-bond acceptors (Lipinski definition) is 0. The summed E-state index contributed by atoms with van der Waals surface area (Å²) in [6.07, 6.45) is 18.6. The molecule has 118 valence electrons. The highest BCUT2D eigenvalue weighted by Crippen LogP contribution is 2.58. The van der Waals surface area contributed by atoms with Crippen LogP contribution < -0.4 is 0 Å². The van der Waals surface area contributed by atoms with Crippen LogP contribution in [-0.2, 0) is 0 Å².